The maximum atomic E-state index is 13.6. The Morgan fingerprint density at radius 2 is 1.79 bits per heavy atom. The lowest BCUT2D eigenvalue weighted by Gasteiger charge is -2.34. The monoisotopic (exact) mass is 359 g/mol. The fourth-order valence-electron chi connectivity index (χ4n) is 3.21. The van der Waals surface area contributed by atoms with E-state index in [4.69, 9.17) is 0 Å². The van der Waals surface area contributed by atoms with Gasteiger partial charge in [0.05, 0.1) is 11.5 Å². The Labute approximate surface area is 131 Å². The van der Waals surface area contributed by atoms with Gasteiger partial charge in [0.1, 0.15) is 6.10 Å². The third-order valence-electron chi connectivity index (χ3n) is 4.50. The summed E-state index contributed by atoms with van der Waals surface area (Å²) >= 11 is 0. The molecule has 0 bridgehead atoms. The first kappa shape index (κ1) is 17.2. The average molecular weight is 359 g/mol. The van der Waals surface area contributed by atoms with Gasteiger partial charge in [-0.1, -0.05) is 0 Å². The second-order valence-electron chi connectivity index (χ2n) is 6.23. The fraction of sp³-hybridized carbons (Fsp3) is 0.643. The number of aliphatic hydroxyl groups is 1. The summed E-state index contributed by atoms with van der Waals surface area (Å²) in [6, 6.07) is 0. The van der Waals surface area contributed by atoms with Gasteiger partial charge in [0.25, 0.3) is 5.92 Å². The van der Waals surface area contributed by atoms with E-state index < -0.39 is 72.8 Å². The average Bonchev–Trinajstić information content (AvgIpc) is 2.79. The van der Waals surface area contributed by atoms with Crippen molar-refractivity contribution in [3.8, 4) is 0 Å². The molecule has 1 aromatic heterocycles. The zero-order chi connectivity index (χ0) is 18.1. The van der Waals surface area contributed by atoms with Gasteiger partial charge in [0, 0.05) is 36.7 Å². The Morgan fingerprint density at radius 3 is 2.29 bits per heavy atom. The van der Waals surface area contributed by atoms with Crippen LogP contribution in [0.1, 0.15) is 47.0 Å². The van der Waals surface area contributed by atoms with E-state index in [0.717, 1.165) is 0 Å². The molecule has 2 aliphatic rings. The SMILES string of the molecule is O=C(C1CC(F)(F)C1)n1cc(C(F)(F)F)c2c1CCC(F)(F)C2O. The van der Waals surface area contributed by atoms with Gasteiger partial charge in [-0.2, -0.15) is 13.2 Å². The topological polar surface area (TPSA) is 42.2 Å². The highest BCUT2D eigenvalue weighted by Crippen LogP contribution is 2.49. The first-order valence-electron chi connectivity index (χ1n) is 7.13. The van der Waals surface area contributed by atoms with Crippen molar-refractivity contribution in [2.45, 2.75) is 49.8 Å². The number of rotatable bonds is 1. The van der Waals surface area contributed by atoms with Crippen LogP contribution in [0.4, 0.5) is 30.7 Å². The summed E-state index contributed by atoms with van der Waals surface area (Å²) in [4.78, 5) is 12.2. The first-order valence-corrected chi connectivity index (χ1v) is 7.13. The minimum Gasteiger partial charge on any atom is -0.382 e. The van der Waals surface area contributed by atoms with Crippen LogP contribution in [0.5, 0.6) is 0 Å². The van der Waals surface area contributed by atoms with Gasteiger partial charge >= 0.3 is 6.18 Å². The number of aromatic nitrogens is 1. The third-order valence-corrected chi connectivity index (χ3v) is 4.50. The van der Waals surface area contributed by atoms with Gasteiger partial charge in [-0.15, -0.1) is 0 Å². The lowest BCUT2D eigenvalue weighted by Crippen LogP contribution is -2.42. The second kappa shape index (κ2) is 4.96. The highest BCUT2D eigenvalue weighted by Gasteiger charge is 2.53. The molecule has 1 atom stereocenters. The highest BCUT2D eigenvalue weighted by molar-refractivity contribution is 5.84. The molecular formula is C14H12F7NO2. The lowest BCUT2D eigenvalue weighted by atomic mass is 9.80. The summed E-state index contributed by atoms with van der Waals surface area (Å²) in [5, 5.41) is 9.63. The molecule has 10 heteroatoms. The number of carbonyl (C=O) groups excluding carboxylic acids is 1. The van der Waals surface area contributed by atoms with Gasteiger partial charge in [-0.25, -0.2) is 17.6 Å². The van der Waals surface area contributed by atoms with Crippen LogP contribution < -0.4 is 0 Å². The normalized spacial score (nSPS) is 25.9. The van der Waals surface area contributed by atoms with Crippen molar-refractivity contribution >= 4 is 5.91 Å². The van der Waals surface area contributed by atoms with Crippen LogP contribution in [0, 0.1) is 5.92 Å². The van der Waals surface area contributed by atoms with Crippen molar-refractivity contribution in [1.29, 1.82) is 0 Å². The van der Waals surface area contributed by atoms with E-state index in [1.807, 2.05) is 0 Å². The van der Waals surface area contributed by atoms with Crippen LogP contribution in [-0.4, -0.2) is 27.4 Å². The Bertz CT molecular complexity index is 684. The maximum absolute atomic E-state index is 13.6. The highest BCUT2D eigenvalue weighted by atomic mass is 19.4. The zero-order valence-corrected chi connectivity index (χ0v) is 12.0. The molecule has 1 saturated carbocycles. The summed E-state index contributed by atoms with van der Waals surface area (Å²) in [5.74, 6) is -8.97. The number of nitrogens with zero attached hydrogens (tertiary/aromatic N) is 1. The number of carbonyl (C=O) groups is 1. The first-order chi connectivity index (χ1) is 10.8. The molecule has 1 heterocycles. The van der Waals surface area contributed by atoms with E-state index in [9.17, 15) is 40.6 Å². The Morgan fingerprint density at radius 1 is 1.21 bits per heavy atom. The van der Waals surface area contributed by atoms with Gasteiger partial charge in [-0.05, 0) is 6.42 Å². The van der Waals surface area contributed by atoms with Crippen LogP contribution in [-0.2, 0) is 12.6 Å². The molecule has 24 heavy (non-hydrogen) atoms. The molecule has 1 aromatic rings. The van der Waals surface area contributed by atoms with E-state index in [2.05, 4.69) is 0 Å². The number of halogens is 7. The number of aliphatic hydroxyl groups excluding tert-OH is 1. The van der Waals surface area contributed by atoms with Gasteiger partial charge < -0.3 is 5.11 Å². The van der Waals surface area contributed by atoms with Crippen molar-refractivity contribution in [3.63, 3.8) is 0 Å². The van der Waals surface area contributed by atoms with Crippen molar-refractivity contribution in [3.05, 3.63) is 23.0 Å². The maximum Gasteiger partial charge on any atom is 0.418 e. The number of hydrogen-bond donors (Lipinski definition) is 1. The summed E-state index contributed by atoms with van der Waals surface area (Å²) in [6.07, 6.45) is -10.5. The number of fused-ring (bicyclic) bond motifs is 1. The van der Waals surface area contributed by atoms with Crippen molar-refractivity contribution < 1.29 is 40.6 Å². The quantitative estimate of drug-likeness (QED) is 0.775. The Balaban J connectivity index is 2.05. The molecule has 134 valence electrons. The Hall–Kier alpha value is -1.58. The van der Waals surface area contributed by atoms with Gasteiger partial charge in [-0.3, -0.25) is 9.36 Å². The van der Waals surface area contributed by atoms with E-state index >= 15 is 0 Å². The molecule has 0 aromatic carbocycles. The molecule has 0 radical (unpaired) electrons. The van der Waals surface area contributed by atoms with E-state index in [0.29, 0.717) is 10.8 Å². The van der Waals surface area contributed by atoms with E-state index in [1.165, 1.54) is 0 Å². The van der Waals surface area contributed by atoms with Crippen LogP contribution in [0.2, 0.25) is 0 Å². The van der Waals surface area contributed by atoms with Crippen LogP contribution in [0.15, 0.2) is 6.20 Å². The molecule has 0 aliphatic heterocycles. The van der Waals surface area contributed by atoms with Crippen LogP contribution in [0.3, 0.4) is 0 Å². The molecule has 3 nitrogen and oxygen atoms in total. The zero-order valence-electron chi connectivity index (χ0n) is 12.0. The molecule has 0 amide bonds. The molecule has 2 aliphatic carbocycles. The smallest absolute Gasteiger partial charge is 0.382 e. The van der Waals surface area contributed by atoms with Crippen LogP contribution in [0.25, 0.3) is 0 Å². The summed E-state index contributed by atoms with van der Waals surface area (Å²) in [7, 11) is 0. The second-order valence-corrected chi connectivity index (χ2v) is 6.23. The summed E-state index contributed by atoms with van der Waals surface area (Å²) in [5.41, 5.74) is -2.97. The standard InChI is InChI=1S/C14H12F7NO2/c15-12(16)3-6(4-12)11(24)22-5-7(14(19,20)21)9-8(22)1-2-13(17,18)10(9)23/h5-6,10,23H,1-4H2. The largest absolute Gasteiger partial charge is 0.418 e. The van der Waals surface area contributed by atoms with Crippen molar-refractivity contribution in [1.82, 2.24) is 4.57 Å². The van der Waals surface area contributed by atoms with E-state index in [-0.39, 0.29) is 5.69 Å². The molecular weight excluding hydrogens is 347 g/mol. The number of alkyl halides is 7. The molecule has 0 spiro atoms. The lowest BCUT2D eigenvalue weighted by molar-refractivity contribution is -0.147. The summed E-state index contributed by atoms with van der Waals surface area (Å²) in [6.45, 7) is 0. The molecule has 1 fully saturated rings. The predicted octanol–water partition coefficient (Wildman–Crippen LogP) is 3.81. The number of hydrogen-bond acceptors (Lipinski definition) is 2. The minimum atomic E-state index is -5.06. The molecule has 3 rings (SSSR count). The van der Waals surface area contributed by atoms with Gasteiger partial charge in [0.2, 0.25) is 11.8 Å². The molecule has 0 saturated heterocycles. The molecule has 1 unspecified atom stereocenters. The van der Waals surface area contributed by atoms with E-state index in [1.54, 1.807) is 0 Å². The Kier molecular flexibility index (Phi) is 3.57. The van der Waals surface area contributed by atoms with Crippen LogP contribution >= 0.6 is 0 Å². The minimum absolute atomic E-state index is 0.327. The molecule has 1 N–H and O–H groups in total. The summed E-state index contributed by atoms with van der Waals surface area (Å²) < 4.78 is 92.7. The fourth-order valence-corrected chi connectivity index (χ4v) is 3.21. The van der Waals surface area contributed by atoms with Gasteiger partial charge in [0.15, 0.2) is 0 Å². The van der Waals surface area contributed by atoms with Crippen molar-refractivity contribution in [2.75, 3.05) is 0 Å². The predicted molar refractivity (Wildman–Crippen MR) is 66.0 cm³/mol. The third kappa shape index (κ3) is 2.60. The van der Waals surface area contributed by atoms with Crippen molar-refractivity contribution in [2.24, 2.45) is 5.92 Å².